The molecule has 1 fully saturated rings. The van der Waals surface area contributed by atoms with Crippen LogP contribution in [0.4, 0.5) is 14.5 Å². The third-order valence-corrected chi connectivity index (χ3v) is 4.82. The molecule has 6 heteroatoms. The standard InChI is InChI=1S/C20H23F2N3O/c1-3-19(26)23-15-6-8-18-16(13-15)17(24-25(18)4-2)7-5-14-9-11-20(21,22)12-10-14/h3,5-8,13-14H,1,4,9-12H2,2H3,(H,23,26). The van der Waals surface area contributed by atoms with Crippen LogP contribution in [-0.2, 0) is 11.3 Å². The average molecular weight is 359 g/mol. The molecule has 0 aliphatic heterocycles. The van der Waals surface area contributed by atoms with Crippen molar-refractivity contribution in [3.63, 3.8) is 0 Å². The van der Waals surface area contributed by atoms with Crippen LogP contribution >= 0.6 is 0 Å². The second-order valence-corrected chi connectivity index (χ2v) is 6.68. The second kappa shape index (κ2) is 7.40. The predicted molar refractivity (Wildman–Crippen MR) is 100 cm³/mol. The Balaban J connectivity index is 1.86. The highest BCUT2D eigenvalue weighted by Gasteiger charge is 2.33. The van der Waals surface area contributed by atoms with E-state index in [4.69, 9.17) is 0 Å². The molecule has 138 valence electrons. The Morgan fingerprint density at radius 1 is 1.42 bits per heavy atom. The van der Waals surface area contributed by atoms with Gasteiger partial charge in [-0.05, 0) is 56.0 Å². The highest BCUT2D eigenvalue weighted by Crippen LogP contribution is 2.37. The first-order valence-electron chi connectivity index (χ1n) is 8.92. The van der Waals surface area contributed by atoms with Crippen molar-refractivity contribution in [1.29, 1.82) is 0 Å². The summed E-state index contributed by atoms with van der Waals surface area (Å²) in [5.41, 5.74) is 2.43. The summed E-state index contributed by atoms with van der Waals surface area (Å²) in [5.74, 6) is -2.63. The highest BCUT2D eigenvalue weighted by molar-refractivity contribution is 6.01. The van der Waals surface area contributed by atoms with Crippen molar-refractivity contribution in [3.8, 4) is 0 Å². The van der Waals surface area contributed by atoms with Crippen LogP contribution in [0.15, 0.2) is 36.9 Å². The van der Waals surface area contributed by atoms with Gasteiger partial charge in [-0.15, -0.1) is 0 Å². The van der Waals surface area contributed by atoms with Gasteiger partial charge in [-0.25, -0.2) is 8.78 Å². The van der Waals surface area contributed by atoms with Crippen LogP contribution in [0.25, 0.3) is 17.0 Å². The minimum atomic E-state index is -2.51. The molecule has 0 saturated heterocycles. The molecule has 1 N–H and O–H groups in total. The molecular formula is C20H23F2N3O. The summed E-state index contributed by atoms with van der Waals surface area (Å²) in [6, 6.07) is 5.63. The fraction of sp³-hybridized carbons (Fsp3) is 0.400. The van der Waals surface area contributed by atoms with Crippen LogP contribution in [0.5, 0.6) is 0 Å². The number of aromatic nitrogens is 2. The zero-order chi connectivity index (χ0) is 18.7. The van der Waals surface area contributed by atoms with Crippen molar-refractivity contribution >= 4 is 28.6 Å². The quantitative estimate of drug-likeness (QED) is 0.762. The zero-order valence-corrected chi connectivity index (χ0v) is 14.8. The molecule has 1 heterocycles. The number of halogens is 2. The third-order valence-electron chi connectivity index (χ3n) is 4.82. The molecule has 0 spiro atoms. The number of amides is 1. The van der Waals surface area contributed by atoms with E-state index < -0.39 is 5.92 Å². The van der Waals surface area contributed by atoms with Crippen molar-refractivity contribution in [3.05, 3.63) is 42.6 Å². The number of nitrogens with one attached hydrogen (secondary N) is 1. The molecule has 0 radical (unpaired) electrons. The van der Waals surface area contributed by atoms with Gasteiger partial charge in [-0.1, -0.05) is 12.7 Å². The number of anilines is 1. The Morgan fingerprint density at radius 2 is 2.15 bits per heavy atom. The minimum absolute atomic E-state index is 0.0517. The summed E-state index contributed by atoms with van der Waals surface area (Å²) in [4.78, 5) is 11.5. The van der Waals surface area contributed by atoms with Crippen molar-refractivity contribution in [2.75, 3.05) is 5.32 Å². The van der Waals surface area contributed by atoms with E-state index >= 15 is 0 Å². The molecule has 26 heavy (non-hydrogen) atoms. The summed E-state index contributed by atoms with van der Waals surface area (Å²) in [6.45, 7) is 6.18. The lowest BCUT2D eigenvalue weighted by atomic mass is 9.86. The fourth-order valence-corrected chi connectivity index (χ4v) is 3.32. The van der Waals surface area contributed by atoms with Crippen LogP contribution < -0.4 is 5.32 Å². The lowest BCUT2D eigenvalue weighted by molar-refractivity contribution is -0.111. The molecule has 1 aromatic carbocycles. The zero-order valence-electron chi connectivity index (χ0n) is 14.8. The average Bonchev–Trinajstić information content (AvgIpc) is 2.98. The van der Waals surface area contributed by atoms with E-state index in [1.165, 1.54) is 6.08 Å². The summed E-state index contributed by atoms with van der Waals surface area (Å²) in [7, 11) is 0. The van der Waals surface area contributed by atoms with Gasteiger partial charge in [0, 0.05) is 30.5 Å². The fourth-order valence-electron chi connectivity index (χ4n) is 3.32. The van der Waals surface area contributed by atoms with Gasteiger partial charge in [0.25, 0.3) is 0 Å². The Hall–Kier alpha value is -2.50. The van der Waals surface area contributed by atoms with Gasteiger partial charge >= 0.3 is 0 Å². The Labute approximate surface area is 151 Å². The van der Waals surface area contributed by atoms with Crippen LogP contribution in [0.3, 0.4) is 0 Å². The smallest absolute Gasteiger partial charge is 0.248 e. The summed E-state index contributed by atoms with van der Waals surface area (Å²) in [6.07, 6.45) is 6.02. The number of fused-ring (bicyclic) bond motifs is 1. The molecule has 0 atom stereocenters. The SMILES string of the molecule is C=CC(=O)Nc1ccc2c(c1)c(C=CC1CCC(F)(F)CC1)nn2CC. The predicted octanol–water partition coefficient (Wildman–Crippen LogP) is 5.02. The molecule has 1 amide bonds. The van der Waals surface area contributed by atoms with Gasteiger partial charge in [0.1, 0.15) is 0 Å². The molecule has 4 nitrogen and oxygen atoms in total. The van der Waals surface area contributed by atoms with E-state index in [1.54, 1.807) is 0 Å². The monoisotopic (exact) mass is 359 g/mol. The van der Waals surface area contributed by atoms with E-state index in [0.29, 0.717) is 18.5 Å². The number of aryl methyl sites for hydroxylation is 1. The van der Waals surface area contributed by atoms with Crippen LogP contribution in [0.1, 0.15) is 38.3 Å². The lowest BCUT2D eigenvalue weighted by Crippen LogP contribution is -2.23. The number of rotatable bonds is 5. The van der Waals surface area contributed by atoms with Crippen molar-refractivity contribution in [2.24, 2.45) is 5.92 Å². The number of hydrogen-bond donors (Lipinski definition) is 1. The molecule has 1 saturated carbocycles. The molecule has 1 aliphatic carbocycles. The van der Waals surface area contributed by atoms with Gasteiger partial charge in [0.2, 0.25) is 11.8 Å². The number of hydrogen-bond acceptors (Lipinski definition) is 2. The largest absolute Gasteiger partial charge is 0.323 e. The van der Waals surface area contributed by atoms with E-state index in [-0.39, 0.29) is 24.7 Å². The number of benzene rings is 1. The number of carbonyl (C=O) groups excluding carboxylic acids is 1. The Kier molecular flexibility index (Phi) is 5.20. The molecule has 0 bridgehead atoms. The minimum Gasteiger partial charge on any atom is -0.323 e. The maximum absolute atomic E-state index is 13.3. The topological polar surface area (TPSA) is 46.9 Å². The lowest BCUT2D eigenvalue weighted by Gasteiger charge is -2.26. The van der Waals surface area contributed by atoms with Crippen molar-refractivity contribution in [1.82, 2.24) is 9.78 Å². The molecule has 0 unspecified atom stereocenters. The summed E-state index contributed by atoms with van der Waals surface area (Å²) >= 11 is 0. The van der Waals surface area contributed by atoms with Gasteiger partial charge in [-0.2, -0.15) is 5.10 Å². The number of carbonyl (C=O) groups is 1. The van der Waals surface area contributed by atoms with E-state index in [1.807, 2.05) is 42.0 Å². The number of alkyl halides is 2. The van der Waals surface area contributed by atoms with Crippen LogP contribution in [0, 0.1) is 5.92 Å². The van der Waals surface area contributed by atoms with Crippen LogP contribution in [-0.4, -0.2) is 21.6 Å². The molecule has 2 aromatic rings. The maximum Gasteiger partial charge on any atom is 0.248 e. The van der Waals surface area contributed by atoms with Gasteiger partial charge in [-0.3, -0.25) is 9.48 Å². The van der Waals surface area contributed by atoms with Gasteiger partial charge in [0.05, 0.1) is 11.2 Å². The van der Waals surface area contributed by atoms with Gasteiger partial charge in [0.15, 0.2) is 0 Å². The number of nitrogens with zero attached hydrogens (tertiary/aromatic N) is 2. The second-order valence-electron chi connectivity index (χ2n) is 6.68. The molecule has 1 aliphatic rings. The van der Waals surface area contributed by atoms with Crippen LogP contribution in [0.2, 0.25) is 0 Å². The molecular weight excluding hydrogens is 336 g/mol. The third kappa shape index (κ3) is 4.00. The Bertz CT molecular complexity index is 844. The highest BCUT2D eigenvalue weighted by atomic mass is 19.3. The van der Waals surface area contributed by atoms with Gasteiger partial charge < -0.3 is 5.32 Å². The first-order valence-corrected chi connectivity index (χ1v) is 8.92. The number of allylic oxidation sites excluding steroid dienone is 1. The summed E-state index contributed by atoms with van der Waals surface area (Å²) in [5, 5.41) is 8.28. The van der Waals surface area contributed by atoms with Crippen molar-refractivity contribution < 1.29 is 13.6 Å². The first kappa shape index (κ1) is 18.3. The van der Waals surface area contributed by atoms with E-state index in [2.05, 4.69) is 17.0 Å². The summed E-state index contributed by atoms with van der Waals surface area (Å²) < 4.78 is 28.5. The maximum atomic E-state index is 13.3. The first-order chi connectivity index (χ1) is 12.4. The van der Waals surface area contributed by atoms with E-state index in [9.17, 15) is 13.6 Å². The molecule has 3 rings (SSSR count). The molecule has 1 aromatic heterocycles. The normalized spacial score (nSPS) is 17.7. The van der Waals surface area contributed by atoms with E-state index in [0.717, 1.165) is 23.1 Å². The Morgan fingerprint density at radius 3 is 2.81 bits per heavy atom. The van der Waals surface area contributed by atoms with Crippen molar-refractivity contribution in [2.45, 2.75) is 45.1 Å².